The van der Waals surface area contributed by atoms with Crippen molar-refractivity contribution in [3.05, 3.63) is 32.7 Å². The van der Waals surface area contributed by atoms with Crippen LogP contribution in [0, 0.1) is 10.1 Å². The fraction of sp³-hybridized carbons (Fsp3) is 0.364. The number of nitro benzene ring substituents is 1. The van der Waals surface area contributed by atoms with Crippen LogP contribution in [0.3, 0.4) is 0 Å². The summed E-state index contributed by atoms with van der Waals surface area (Å²) in [4.78, 5) is 22.4. The lowest BCUT2D eigenvalue weighted by molar-refractivity contribution is -0.383. The lowest BCUT2D eigenvalue weighted by atomic mass is 10.2. The quantitative estimate of drug-likeness (QED) is 0.421. The Morgan fingerprint density at radius 2 is 1.65 bits per heavy atom. The van der Waals surface area contributed by atoms with Gasteiger partial charge in [0.1, 0.15) is 18.1 Å². The average molecular weight is 282 g/mol. The van der Waals surface area contributed by atoms with Crippen molar-refractivity contribution in [1.82, 2.24) is 9.13 Å². The van der Waals surface area contributed by atoms with Gasteiger partial charge in [0.2, 0.25) is 0 Å². The number of hydrogen-bond acceptors (Lipinski definition) is 6. The molecule has 2 aromatic rings. The van der Waals surface area contributed by atoms with Crippen LogP contribution in [0.1, 0.15) is 26.3 Å². The number of aromatic nitrogens is 2. The number of nitrogen functional groups attached to an aromatic ring is 1. The van der Waals surface area contributed by atoms with Crippen LogP contribution in [0.15, 0.2) is 16.9 Å². The van der Waals surface area contributed by atoms with Crippen LogP contribution in [0.2, 0.25) is 0 Å². The van der Waals surface area contributed by atoms with Crippen molar-refractivity contribution >= 4 is 22.4 Å². The fourth-order valence-electron chi connectivity index (χ4n) is 2.17. The van der Waals surface area contributed by atoms with E-state index >= 15 is 0 Å². The first kappa shape index (κ1) is 14.0. The van der Waals surface area contributed by atoms with Gasteiger partial charge in [0.05, 0.1) is 16.0 Å². The summed E-state index contributed by atoms with van der Waals surface area (Å²) in [7, 11) is 0. The molecule has 1 heterocycles. The highest BCUT2D eigenvalue weighted by Crippen LogP contribution is 2.29. The molecule has 0 radical (unpaired) electrons. The number of hydrogen-bond donors (Lipinski definition) is 3. The van der Waals surface area contributed by atoms with Crippen molar-refractivity contribution in [2.24, 2.45) is 0 Å². The van der Waals surface area contributed by atoms with Gasteiger partial charge in [-0.2, -0.15) is 0 Å². The predicted octanol–water partition coefficient (Wildman–Crippen LogP) is 0.315. The molecule has 0 aliphatic carbocycles. The Morgan fingerprint density at radius 3 is 2.05 bits per heavy atom. The summed E-state index contributed by atoms with van der Waals surface area (Å²) in [6.45, 7) is 2.71. The molecule has 1 aromatic heterocycles. The van der Waals surface area contributed by atoms with Crippen molar-refractivity contribution in [3.63, 3.8) is 0 Å². The highest BCUT2D eigenvalue weighted by Gasteiger charge is 2.23. The number of aliphatic hydroxyl groups is 2. The standard InChI is InChI=1S/C11H14N4O5/c1-5(16)13-9-3-7(12)8(15(19)20)4-10(9)14(6(2)17)11(13)18/h3-6,16-17H,12H2,1-2H3. The third-order valence-electron chi connectivity index (χ3n) is 3.00. The van der Waals surface area contributed by atoms with E-state index in [-0.39, 0.29) is 22.4 Å². The molecule has 4 N–H and O–H groups in total. The molecular weight excluding hydrogens is 268 g/mol. The molecule has 20 heavy (non-hydrogen) atoms. The smallest absolute Gasteiger partial charge is 0.333 e. The average Bonchev–Trinajstić information content (AvgIpc) is 2.58. The van der Waals surface area contributed by atoms with Gasteiger partial charge in [0.15, 0.2) is 0 Å². The third kappa shape index (κ3) is 1.92. The van der Waals surface area contributed by atoms with E-state index in [1.807, 2.05) is 0 Å². The van der Waals surface area contributed by atoms with Crippen LogP contribution in [0.25, 0.3) is 11.0 Å². The molecule has 2 rings (SSSR count). The van der Waals surface area contributed by atoms with Crippen molar-refractivity contribution in [1.29, 1.82) is 0 Å². The minimum Gasteiger partial charge on any atom is -0.393 e. The topological polar surface area (TPSA) is 137 Å². The molecule has 0 fully saturated rings. The molecule has 2 atom stereocenters. The van der Waals surface area contributed by atoms with E-state index in [9.17, 15) is 25.1 Å². The van der Waals surface area contributed by atoms with Crippen LogP contribution in [-0.2, 0) is 0 Å². The molecule has 0 aliphatic rings. The Hall–Kier alpha value is -2.39. The Balaban J connectivity index is 2.98. The van der Waals surface area contributed by atoms with Gasteiger partial charge in [0.25, 0.3) is 5.69 Å². The summed E-state index contributed by atoms with van der Waals surface area (Å²) in [5.41, 5.74) is 4.76. The summed E-state index contributed by atoms with van der Waals surface area (Å²) in [5.74, 6) is 0. The molecule has 9 nitrogen and oxygen atoms in total. The van der Waals surface area contributed by atoms with Gasteiger partial charge in [-0.1, -0.05) is 0 Å². The number of nitrogens with two attached hydrogens (primary N) is 1. The minimum absolute atomic E-state index is 0.125. The van der Waals surface area contributed by atoms with Gasteiger partial charge in [0, 0.05) is 6.07 Å². The second-order valence-corrected chi connectivity index (χ2v) is 4.44. The van der Waals surface area contributed by atoms with E-state index in [1.165, 1.54) is 19.9 Å². The Kier molecular flexibility index (Phi) is 3.24. The van der Waals surface area contributed by atoms with Crippen LogP contribution in [0.5, 0.6) is 0 Å². The lowest BCUT2D eigenvalue weighted by Gasteiger charge is -2.06. The Morgan fingerprint density at radius 1 is 1.20 bits per heavy atom. The molecule has 0 aliphatic heterocycles. The van der Waals surface area contributed by atoms with E-state index in [0.717, 1.165) is 15.2 Å². The maximum atomic E-state index is 12.2. The lowest BCUT2D eigenvalue weighted by Crippen LogP contribution is -2.28. The molecule has 0 saturated heterocycles. The van der Waals surface area contributed by atoms with Gasteiger partial charge < -0.3 is 15.9 Å². The zero-order valence-electron chi connectivity index (χ0n) is 10.8. The molecule has 2 unspecified atom stereocenters. The molecule has 9 heteroatoms. The number of nitrogens with zero attached hydrogens (tertiary/aromatic N) is 3. The van der Waals surface area contributed by atoms with Gasteiger partial charge >= 0.3 is 5.69 Å². The summed E-state index contributed by atoms with van der Waals surface area (Å²) in [5, 5.41) is 30.2. The normalized spacial score (nSPS) is 14.4. The Bertz CT molecular complexity index is 743. The number of nitro groups is 1. The predicted molar refractivity (Wildman–Crippen MR) is 71.1 cm³/mol. The number of anilines is 1. The summed E-state index contributed by atoms with van der Waals surface area (Å²) < 4.78 is 1.95. The maximum Gasteiger partial charge on any atom is 0.333 e. The summed E-state index contributed by atoms with van der Waals surface area (Å²) in [6, 6.07) is 2.35. The number of benzene rings is 1. The van der Waals surface area contributed by atoms with Crippen LogP contribution in [0.4, 0.5) is 11.4 Å². The monoisotopic (exact) mass is 282 g/mol. The molecule has 0 bridgehead atoms. The number of fused-ring (bicyclic) bond motifs is 1. The maximum absolute atomic E-state index is 12.2. The van der Waals surface area contributed by atoms with E-state index in [0.29, 0.717) is 0 Å². The van der Waals surface area contributed by atoms with Crippen LogP contribution in [-0.4, -0.2) is 24.3 Å². The highest BCUT2D eigenvalue weighted by atomic mass is 16.6. The zero-order chi connectivity index (χ0) is 15.2. The van der Waals surface area contributed by atoms with Crippen molar-refractivity contribution < 1.29 is 15.1 Å². The second kappa shape index (κ2) is 4.62. The first-order chi connectivity index (χ1) is 9.25. The molecule has 108 valence electrons. The van der Waals surface area contributed by atoms with E-state index in [2.05, 4.69) is 0 Å². The summed E-state index contributed by atoms with van der Waals surface area (Å²) >= 11 is 0. The molecule has 0 amide bonds. The van der Waals surface area contributed by atoms with Crippen molar-refractivity contribution in [3.8, 4) is 0 Å². The van der Waals surface area contributed by atoms with Crippen LogP contribution >= 0.6 is 0 Å². The molecular formula is C11H14N4O5. The fourth-order valence-corrected chi connectivity index (χ4v) is 2.17. The van der Waals surface area contributed by atoms with E-state index in [4.69, 9.17) is 5.73 Å². The first-order valence-corrected chi connectivity index (χ1v) is 5.82. The van der Waals surface area contributed by atoms with Gasteiger partial charge in [-0.25, -0.2) is 4.79 Å². The van der Waals surface area contributed by atoms with E-state index < -0.39 is 23.1 Å². The first-order valence-electron chi connectivity index (χ1n) is 5.82. The SMILES string of the molecule is CC(O)n1c(=O)n(C(C)O)c2cc([N+](=O)[O-])c(N)cc21. The third-order valence-corrected chi connectivity index (χ3v) is 3.00. The largest absolute Gasteiger partial charge is 0.393 e. The Labute approximate surface area is 112 Å². The molecule has 1 aromatic carbocycles. The molecule has 0 spiro atoms. The van der Waals surface area contributed by atoms with E-state index in [1.54, 1.807) is 0 Å². The van der Waals surface area contributed by atoms with Gasteiger partial charge in [-0.3, -0.25) is 19.2 Å². The second-order valence-electron chi connectivity index (χ2n) is 4.44. The minimum atomic E-state index is -1.20. The molecule has 0 saturated carbocycles. The highest BCUT2D eigenvalue weighted by molar-refractivity contribution is 5.85. The van der Waals surface area contributed by atoms with Crippen LogP contribution < -0.4 is 11.4 Å². The number of imidazole rings is 1. The van der Waals surface area contributed by atoms with Gasteiger partial charge in [-0.15, -0.1) is 0 Å². The van der Waals surface area contributed by atoms with Crippen molar-refractivity contribution in [2.45, 2.75) is 26.3 Å². The summed E-state index contributed by atoms with van der Waals surface area (Å²) in [6.07, 6.45) is -2.36. The van der Waals surface area contributed by atoms with Crippen molar-refractivity contribution in [2.75, 3.05) is 5.73 Å². The van der Waals surface area contributed by atoms with Gasteiger partial charge in [-0.05, 0) is 19.9 Å². The zero-order valence-corrected chi connectivity index (χ0v) is 10.8. The number of aliphatic hydroxyl groups excluding tert-OH is 2. The number of rotatable bonds is 3.